The van der Waals surface area contributed by atoms with Crippen molar-refractivity contribution < 1.29 is 22.7 Å². The maximum atomic E-state index is 12.7. The van der Waals surface area contributed by atoms with Crippen LogP contribution in [0.2, 0.25) is 0 Å². The summed E-state index contributed by atoms with van der Waals surface area (Å²) in [5.41, 5.74) is 0. The number of carbonyl (C=O) groups is 1. The molecule has 1 amide bonds. The quantitative estimate of drug-likeness (QED) is 0.712. The standard InChI is InChI=1S/C18H27N3O5S/c1-25-15-4-6-17(7-5-15)27(23,24)21-10-8-20(9-11-21)14-18(22)19-13-16-3-2-12-26-16/h4-7,16H,2-3,8-14H2,1H3,(H,19,22)/t16-/m1/s1. The predicted octanol–water partition coefficient (Wildman–Crippen LogP) is 0.297. The maximum Gasteiger partial charge on any atom is 0.243 e. The Morgan fingerprint density at radius 2 is 1.93 bits per heavy atom. The van der Waals surface area contributed by atoms with E-state index in [2.05, 4.69) is 5.32 Å². The zero-order valence-electron chi connectivity index (χ0n) is 15.6. The van der Waals surface area contributed by atoms with Crippen LogP contribution in [0, 0.1) is 0 Å². The van der Waals surface area contributed by atoms with Gasteiger partial charge in [-0.2, -0.15) is 4.31 Å². The number of rotatable bonds is 7. The van der Waals surface area contributed by atoms with Gasteiger partial charge < -0.3 is 14.8 Å². The van der Waals surface area contributed by atoms with Crippen LogP contribution in [0.15, 0.2) is 29.2 Å². The number of piperazine rings is 1. The van der Waals surface area contributed by atoms with Gasteiger partial charge >= 0.3 is 0 Å². The Hall–Kier alpha value is -1.68. The van der Waals surface area contributed by atoms with Crippen LogP contribution >= 0.6 is 0 Å². The Balaban J connectivity index is 1.46. The summed E-state index contributed by atoms with van der Waals surface area (Å²) < 4.78 is 37.5. The highest BCUT2D eigenvalue weighted by Gasteiger charge is 2.29. The molecule has 0 aliphatic carbocycles. The number of methoxy groups -OCH3 is 1. The van der Waals surface area contributed by atoms with E-state index in [-0.39, 0.29) is 23.5 Å². The molecule has 0 spiro atoms. The SMILES string of the molecule is COc1ccc(S(=O)(=O)N2CCN(CC(=O)NC[C@H]3CCCO3)CC2)cc1. The Morgan fingerprint density at radius 1 is 1.22 bits per heavy atom. The van der Waals surface area contributed by atoms with Gasteiger partial charge in [-0.15, -0.1) is 0 Å². The molecular formula is C18H27N3O5S. The molecule has 2 aliphatic rings. The van der Waals surface area contributed by atoms with Crippen molar-refractivity contribution in [3.63, 3.8) is 0 Å². The minimum absolute atomic E-state index is 0.0445. The molecule has 0 saturated carbocycles. The topological polar surface area (TPSA) is 88.2 Å². The Labute approximate surface area is 160 Å². The second-order valence-corrected chi connectivity index (χ2v) is 8.73. The van der Waals surface area contributed by atoms with E-state index in [1.165, 1.54) is 4.31 Å². The van der Waals surface area contributed by atoms with Gasteiger partial charge in [-0.25, -0.2) is 8.42 Å². The van der Waals surface area contributed by atoms with E-state index in [0.29, 0.717) is 38.5 Å². The lowest BCUT2D eigenvalue weighted by Gasteiger charge is -2.33. The highest BCUT2D eigenvalue weighted by atomic mass is 32.2. The van der Waals surface area contributed by atoms with Gasteiger partial charge in [0, 0.05) is 39.3 Å². The molecule has 0 aromatic heterocycles. The summed E-state index contributed by atoms with van der Waals surface area (Å²) in [6.07, 6.45) is 2.16. The van der Waals surface area contributed by atoms with Gasteiger partial charge in [-0.05, 0) is 37.1 Å². The number of sulfonamides is 1. The molecule has 2 saturated heterocycles. The lowest BCUT2D eigenvalue weighted by atomic mass is 10.2. The zero-order valence-corrected chi connectivity index (χ0v) is 16.4. The fourth-order valence-corrected chi connectivity index (χ4v) is 4.74. The molecule has 1 atom stereocenters. The largest absolute Gasteiger partial charge is 0.497 e. The second kappa shape index (κ2) is 9.01. The van der Waals surface area contributed by atoms with E-state index in [0.717, 1.165) is 19.4 Å². The summed E-state index contributed by atoms with van der Waals surface area (Å²) in [5, 5.41) is 2.90. The first-order chi connectivity index (χ1) is 13.0. The Kier molecular flexibility index (Phi) is 6.69. The number of hydrogen-bond donors (Lipinski definition) is 1. The third-order valence-corrected chi connectivity index (χ3v) is 6.86. The van der Waals surface area contributed by atoms with E-state index < -0.39 is 10.0 Å². The monoisotopic (exact) mass is 397 g/mol. The van der Waals surface area contributed by atoms with Crippen molar-refractivity contribution in [2.45, 2.75) is 23.8 Å². The van der Waals surface area contributed by atoms with Crippen LogP contribution in [-0.2, 0) is 19.6 Å². The first-order valence-electron chi connectivity index (χ1n) is 9.24. The van der Waals surface area contributed by atoms with Gasteiger partial charge in [0.15, 0.2) is 0 Å². The van der Waals surface area contributed by atoms with Crippen LogP contribution in [0.25, 0.3) is 0 Å². The number of carbonyl (C=O) groups excluding carboxylic acids is 1. The number of nitrogens with zero attached hydrogens (tertiary/aromatic N) is 2. The van der Waals surface area contributed by atoms with E-state index in [1.807, 2.05) is 4.90 Å². The van der Waals surface area contributed by atoms with Crippen LogP contribution in [0.1, 0.15) is 12.8 Å². The van der Waals surface area contributed by atoms with Gasteiger partial charge in [0.25, 0.3) is 0 Å². The van der Waals surface area contributed by atoms with Crippen molar-refractivity contribution in [2.24, 2.45) is 0 Å². The van der Waals surface area contributed by atoms with Gasteiger partial charge in [-0.3, -0.25) is 9.69 Å². The van der Waals surface area contributed by atoms with Crippen molar-refractivity contribution in [3.05, 3.63) is 24.3 Å². The maximum absolute atomic E-state index is 12.7. The summed E-state index contributed by atoms with van der Waals surface area (Å²) in [5.74, 6) is 0.574. The van der Waals surface area contributed by atoms with Crippen molar-refractivity contribution >= 4 is 15.9 Å². The number of hydrogen-bond acceptors (Lipinski definition) is 6. The molecule has 1 aromatic carbocycles. The zero-order chi connectivity index (χ0) is 19.3. The normalized spacial score (nSPS) is 21.9. The fraction of sp³-hybridized carbons (Fsp3) is 0.611. The minimum atomic E-state index is -3.53. The van der Waals surface area contributed by atoms with Crippen molar-refractivity contribution in [2.75, 3.05) is 53.0 Å². The molecular weight excluding hydrogens is 370 g/mol. The molecule has 0 bridgehead atoms. The third kappa shape index (κ3) is 5.19. The van der Waals surface area contributed by atoms with Crippen LogP contribution in [0.4, 0.5) is 0 Å². The van der Waals surface area contributed by atoms with Gasteiger partial charge in [-0.1, -0.05) is 0 Å². The molecule has 2 aliphatic heterocycles. The molecule has 0 radical (unpaired) electrons. The van der Waals surface area contributed by atoms with Crippen molar-refractivity contribution in [1.29, 1.82) is 0 Å². The highest BCUT2D eigenvalue weighted by Crippen LogP contribution is 2.20. The number of ether oxygens (including phenoxy) is 2. The number of amides is 1. The molecule has 8 nitrogen and oxygen atoms in total. The molecule has 2 fully saturated rings. The highest BCUT2D eigenvalue weighted by molar-refractivity contribution is 7.89. The second-order valence-electron chi connectivity index (χ2n) is 6.79. The lowest BCUT2D eigenvalue weighted by Crippen LogP contribution is -2.51. The van der Waals surface area contributed by atoms with Crippen LogP contribution in [-0.4, -0.2) is 82.6 Å². The summed E-state index contributed by atoms with van der Waals surface area (Å²) >= 11 is 0. The Bertz CT molecular complexity index is 724. The smallest absolute Gasteiger partial charge is 0.243 e. The molecule has 1 N–H and O–H groups in total. The van der Waals surface area contributed by atoms with Crippen LogP contribution in [0.3, 0.4) is 0 Å². The molecule has 3 rings (SSSR count). The first-order valence-corrected chi connectivity index (χ1v) is 10.7. The molecule has 9 heteroatoms. The average molecular weight is 397 g/mol. The van der Waals surface area contributed by atoms with Gasteiger partial charge in [0.05, 0.1) is 24.7 Å². The van der Waals surface area contributed by atoms with E-state index in [1.54, 1.807) is 31.4 Å². The molecule has 1 aromatic rings. The third-order valence-electron chi connectivity index (χ3n) is 4.95. The van der Waals surface area contributed by atoms with Gasteiger partial charge in [0.2, 0.25) is 15.9 Å². The predicted molar refractivity (Wildman–Crippen MR) is 100 cm³/mol. The van der Waals surface area contributed by atoms with Gasteiger partial charge in [0.1, 0.15) is 5.75 Å². The molecule has 27 heavy (non-hydrogen) atoms. The van der Waals surface area contributed by atoms with Crippen LogP contribution in [0.5, 0.6) is 5.75 Å². The molecule has 2 heterocycles. The molecule has 0 unspecified atom stereocenters. The summed E-state index contributed by atoms with van der Waals surface area (Å²) in [7, 11) is -1.98. The van der Waals surface area contributed by atoms with Crippen LogP contribution < -0.4 is 10.1 Å². The molecule has 150 valence electrons. The summed E-state index contributed by atoms with van der Waals surface area (Å²) in [6, 6.07) is 6.39. The van der Waals surface area contributed by atoms with Crippen molar-refractivity contribution in [1.82, 2.24) is 14.5 Å². The lowest BCUT2D eigenvalue weighted by molar-refractivity contribution is -0.123. The van der Waals surface area contributed by atoms with Crippen molar-refractivity contribution in [3.8, 4) is 5.75 Å². The van der Waals surface area contributed by atoms with E-state index in [4.69, 9.17) is 9.47 Å². The number of nitrogens with one attached hydrogen (secondary N) is 1. The summed E-state index contributed by atoms with van der Waals surface area (Å²) in [6.45, 7) is 3.39. The number of benzene rings is 1. The Morgan fingerprint density at radius 3 is 2.52 bits per heavy atom. The first kappa shape index (κ1) is 20.1. The summed E-state index contributed by atoms with van der Waals surface area (Å²) in [4.78, 5) is 14.3. The van der Waals surface area contributed by atoms with E-state index in [9.17, 15) is 13.2 Å². The average Bonchev–Trinajstić information content (AvgIpc) is 3.20. The van der Waals surface area contributed by atoms with E-state index >= 15 is 0 Å². The fourth-order valence-electron chi connectivity index (χ4n) is 3.32. The minimum Gasteiger partial charge on any atom is -0.497 e.